The van der Waals surface area contributed by atoms with E-state index in [0.29, 0.717) is 12.1 Å². The van der Waals surface area contributed by atoms with Crippen molar-refractivity contribution in [1.29, 1.82) is 0 Å². The summed E-state index contributed by atoms with van der Waals surface area (Å²) in [5, 5.41) is 35.3. The first-order valence-corrected chi connectivity index (χ1v) is 8.15. The van der Waals surface area contributed by atoms with E-state index < -0.39 is 12.1 Å². The van der Waals surface area contributed by atoms with Crippen LogP contribution >= 0.6 is 0 Å². The second-order valence-corrected chi connectivity index (χ2v) is 6.10. The van der Waals surface area contributed by atoms with Gasteiger partial charge in [-0.15, -0.1) is 0 Å². The fourth-order valence-electron chi connectivity index (χ4n) is 2.47. The highest BCUT2D eigenvalue weighted by molar-refractivity contribution is 5.90. The van der Waals surface area contributed by atoms with Gasteiger partial charge in [-0.2, -0.15) is 0 Å². The Morgan fingerprint density at radius 3 is 2.56 bits per heavy atom. The van der Waals surface area contributed by atoms with Crippen molar-refractivity contribution in [3.8, 4) is 5.75 Å². The van der Waals surface area contributed by atoms with E-state index in [1.807, 2.05) is 38.1 Å². The third kappa shape index (κ3) is 5.20. The lowest BCUT2D eigenvalue weighted by Crippen LogP contribution is -2.35. The molecule has 0 bridgehead atoms. The number of benzene rings is 2. The van der Waals surface area contributed by atoms with Crippen LogP contribution < -0.4 is 10.6 Å². The highest BCUT2D eigenvalue weighted by Gasteiger charge is 2.15. The van der Waals surface area contributed by atoms with Crippen molar-refractivity contribution in [3.63, 3.8) is 0 Å². The van der Waals surface area contributed by atoms with Crippen molar-refractivity contribution < 1.29 is 20.1 Å². The van der Waals surface area contributed by atoms with Gasteiger partial charge in [0.1, 0.15) is 11.3 Å². The molecular formula is C19H24N2O4. The normalized spacial score (nSPS) is 13.2. The van der Waals surface area contributed by atoms with Crippen molar-refractivity contribution >= 4 is 11.7 Å². The van der Waals surface area contributed by atoms with Gasteiger partial charge in [-0.05, 0) is 43.2 Å². The SMILES string of the molecule is Cc1ccccc1NCC(C)NCC(O)c1ccc(O)c(C(=O)O)c1. The zero-order chi connectivity index (χ0) is 18.4. The average Bonchev–Trinajstić information content (AvgIpc) is 2.59. The number of carboxylic acid groups (broad SMARTS) is 1. The van der Waals surface area contributed by atoms with Gasteiger partial charge in [0, 0.05) is 24.8 Å². The van der Waals surface area contributed by atoms with Gasteiger partial charge in [-0.3, -0.25) is 0 Å². The van der Waals surface area contributed by atoms with Crippen LogP contribution in [0.5, 0.6) is 5.75 Å². The van der Waals surface area contributed by atoms with E-state index in [1.54, 1.807) is 0 Å². The minimum atomic E-state index is -1.23. The number of para-hydroxylation sites is 1. The molecule has 0 heterocycles. The molecule has 0 saturated carbocycles. The first-order chi connectivity index (χ1) is 11.9. The van der Waals surface area contributed by atoms with Crippen molar-refractivity contribution in [1.82, 2.24) is 5.32 Å². The lowest BCUT2D eigenvalue weighted by molar-refractivity contribution is 0.0693. The third-order valence-electron chi connectivity index (χ3n) is 4.04. The van der Waals surface area contributed by atoms with Gasteiger partial charge in [0.05, 0.1) is 6.10 Å². The van der Waals surface area contributed by atoms with Crippen molar-refractivity contribution in [2.45, 2.75) is 26.0 Å². The molecule has 2 aromatic carbocycles. The monoisotopic (exact) mass is 344 g/mol. The Morgan fingerprint density at radius 2 is 1.88 bits per heavy atom. The molecule has 2 aromatic rings. The Bertz CT molecular complexity index is 733. The van der Waals surface area contributed by atoms with E-state index in [1.165, 1.54) is 23.8 Å². The number of rotatable bonds is 8. The number of anilines is 1. The molecule has 0 aromatic heterocycles. The fraction of sp³-hybridized carbons (Fsp3) is 0.316. The highest BCUT2D eigenvalue weighted by atomic mass is 16.4. The smallest absolute Gasteiger partial charge is 0.339 e. The molecule has 25 heavy (non-hydrogen) atoms. The lowest BCUT2D eigenvalue weighted by Gasteiger charge is -2.19. The maximum Gasteiger partial charge on any atom is 0.339 e. The van der Waals surface area contributed by atoms with Crippen LogP contribution in [-0.4, -0.2) is 40.4 Å². The minimum Gasteiger partial charge on any atom is -0.507 e. The Morgan fingerprint density at radius 1 is 1.16 bits per heavy atom. The fourth-order valence-corrected chi connectivity index (χ4v) is 2.47. The number of carbonyl (C=O) groups is 1. The second kappa shape index (κ2) is 8.50. The Kier molecular flexibility index (Phi) is 6.38. The molecule has 0 amide bonds. The Labute approximate surface area is 147 Å². The number of aromatic hydroxyl groups is 1. The van der Waals surface area contributed by atoms with E-state index >= 15 is 0 Å². The Hall–Kier alpha value is -2.57. The number of hydrogen-bond donors (Lipinski definition) is 5. The zero-order valence-electron chi connectivity index (χ0n) is 14.4. The van der Waals surface area contributed by atoms with Crippen LogP contribution in [-0.2, 0) is 0 Å². The van der Waals surface area contributed by atoms with Crippen LogP contribution in [0.1, 0.15) is 34.5 Å². The molecule has 2 rings (SSSR count). The van der Waals surface area contributed by atoms with Crippen LogP contribution in [0.4, 0.5) is 5.69 Å². The van der Waals surface area contributed by atoms with Gasteiger partial charge in [0.2, 0.25) is 0 Å². The molecule has 6 heteroatoms. The highest BCUT2D eigenvalue weighted by Crippen LogP contribution is 2.22. The molecule has 134 valence electrons. The largest absolute Gasteiger partial charge is 0.507 e. The van der Waals surface area contributed by atoms with Crippen LogP contribution in [0.25, 0.3) is 0 Å². The van der Waals surface area contributed by atoms with E-state index in [-0.39, 0.29) is 23.9 Å². The molecule has 0 aliphatic heterocycles. The van der Waals surface area contributed by atoms with Crippen LogP contribution in [0.2, 0.25) is 0 Å². The number of nitrogens with one attached hydrogen (secondary N) is 2. The number of aromatic carboxylic acids is 1. The van der Waals surface area contributed by atoms with Crippen molar-refractivity contribution in [3.05, 3.63) is 59.2 Å². The molecule has 0 radical (unpaired) electrons. The maximum absolute atomic E-state index is 11.0. The standard InChI is InChI=1S/C19H24N2O4/c1-12-5-3-4-6-16(12)21-10-13(2)20-11-18(23)14-7-8-17(22)15(9-14)19(24)25/h3-9,13,18,20-23H,10-11H2,1-2H3,(H,24,25). The van der Waals surface area contributed by atoms with Gasteiger partial charge in [-0.25, -0.2) is 4.79 Å². The maximum atomic E-state index is 11.0. The summed E-state index contributed by atoms with van der Waals surface area (Å²) in [5.41, 5.74) is 2.47. The summed E-state index contributed by atoms with van der Waals surface area (Å²) in [6, 6.07) is 12.2. The van der Waals surface area contributed by atoms with Crippen LogP contribution in [0, 0.1) is 6.92 Å². The molecule has 0 aliphatic carbocycles. The third-order valence-corrected chi connectivity index (χ3v) is 4.04. The molecule has 0 saturated heterocycles. The van der Waals surface area contributed by atoms with E-state index in [0.717, 1.165) is 5.69 Å². The van der Waals surface area contributed by atoms with Crippen LogP contribution in [0.3, 0.4) is 0 Å². The molecule has 0 aliphatic rings. The lowest BCUT2D eigenvalue weighted by atomic mass is 10.0. The van der Waals surface area contributed by atoms with E-state index in [4.69, 9.17) is 5.11 Å². The number of carboxylic acids is 1. The average molecular weight is 344 g/mol. The summed E-state index contributed by atoms with van der Waals surface area (Å²) in [5.74, 6) is -1.54. The number of aryl methyl sites for hydroxylation is 1. The summed E-state index contributed by atoms with van der Waals surface area (Å²) >= 11 is 0. The summed E-state index contributed by atoms with van der Waals surface area (Å²) in [6.45, 7) is 5.00. The first kappa shape index (κ1) is 18.8. The van der Waals surface area contributed by atoms with Gasteiger partial charge in [0.25, 0.3) is 0 Å². The molecule has 2 unspecified atom stereocenters. The number of aliphatic hydroxyl groups excluding tert-OH is 1. The van der Waals surface area contributed by atoms with Crippen molar-refractivity contribution in [2.75, 3.05) is 18.4 Å². The molecule has 2 atom stereocenters. The predicted octanol–water partition coefficient (Wildman–Crippen LogP) is 2.52. The molecule has 0 spiro atoms. The summed E-state index contributed by atoms with van der Waals surface area (Å²) in [6.07, 6.45) is -0.861. The van der Waals surface area contributed by atoms with Crippen LogP contribution in [0.15, 0.2) is 42.5 Å². The van der Waals surface area contributed by atoms with Gasteiger partial charge in [-0.1, -0.05) is 24.3 Å². The number of hydrogen-bond acceptors (Lipinski definition) is 5. The van der Waals surface area contributed by atoms with E-state index in [9.17, 15) is 15.0 Å². The number of phenols is 1. The summed E-state index contributed by atoms with van der Waals surface area (Å²) < 4.78 is 0. The number of aliphatic hydroxyl groups is 1. The predicted molar refractivity (Wildman–Crippen MR) is 97.2 cm³/mol. The second-order valence-electron chi connectivity index (χ2n) is 6.10. The van der Waals surface area contributed by atoms with Gasteiger partial charge in [0.15, 0.2) is 0 Å². The summed E-state index contributed by atoms with van der Waals surface area (Å²) in [7, 11) is 0. The molecule has 6 nitrogen and oxygen atoms in total. The minimum absolute atomic E-state index is 0.102. The summed E-state index contributed by atoms with van der Waals surface area (Å²) in [4.78, 5) is 11.0. The van der Waals surface area contributed by atoms with Crippen molar-refractivity contribution in [2.24, 2.45) is 0 Å². The molecule has 0 fully saturated rings. The van der Waals surface area contributed by atoms with Gasteiger partial charge < -0.3 is 26.0 Å². The Balaban J connectivity index is 1.87. The topological polar surface area (TPSA) is 102 Å². The molecular weight excluding hydrogens is 320 g/mol. The zero-order valence-corrected chi connectivity index (χ0v) is 14.4. The molecule has 5 N–H and O–H groups in total. The van der Waals surface area contributed by atoms with Gasteiger partial charge >= 0.3 is 5.97 Å². The first-order valence-electron chi connectivity index (χ1n) is 8.15. The quantitative estimate of drug-likeness (QED) is 0.504. The van der Waals surface area contributed by atoms with E-state index in [2.05, 4.69) is 10.6 Å².